The molecule has 1 saturated heterocycles. The minimum Gasteiger partial charge on any atom is -0.396 e. The van der Waals surface area contributed by atoms with Crippen molar-refractivity contribution in [3.8, 4) is 0 Å². The highest BCUT2D eigenvalue weighted by molar-refractivity contribution is 6.33. The molecule has 1 aliphatic rings. The van der Waals surface area contributed by atoms with Crippen LogP contribution in [0.2, 0.25) is 5.02 Å². The number of nitrogens with two attached hydrogens (primary N) is 1. The molecule has 1 aliphatic heterocycles. The van der Waals surface area contributed by atoms with Gasteiger partial charge in [0, 0.05) is 26.2 Å². The van der Waals surface area contributed by atoms with E-state index in [-0.39, 0.29) is 0 Å². The van der Waals surface area contributed by atoms with Gasteiger partial charge < -0.3 is 15.5 Å². The molecule has 2 N–H and O–H groups in total. The fourth-order valence-corrected chi connectivity index (χ4v) is 2.82. The average molecular weight is 268 g/mol. The summed E-state index contributed by atoms with van der Waals surface area (Å²) in [6, 6.07) is 6.42. The molecule has 0 amide bonds. The van der Waals surface area contributed by atoms with Gasteiger partial charge in [0.05, 0.1) is 16.4 Å². The van der Waals surface area contributed by atoms with Crippen molar-refractivity contribution in [2.45, 2.75) is 25.8 Å². The van der Waals surface area contributed by atoms with Crippen molar-refractivity contribution in [1.29, 1.82) is 0 Å². The summed E-state index contributed by atoms with van der Waals surface area (Å²) in [6.07, 6.45) is 2.38. The SMILES string of the molecule is CCN1CCC(N(C)c2cccc(Cl)c2N)CC1. The van der Waals surface area contributed by atoms with E-state index in [0.29, 0.717) is 16.8 Å². The van der Waals surface area contributed by atoms with Gasteiger partial charge in [0.15, 0.2) is 0 Å². The Labute approximate surface area is 115 Å². The molecule has 4 heteroatoms. The fourth-order valence-electron chi connectivity index (χ4n) is 2.65. The lowest BCUT2D eigenvalue weighted by atomic mass is 10.0. The van der Waals surface area contributed by atoms with Crippen molar-refractivity contribution >= 4 is 23.0 Å². The zero-order valence-electron chi connectivity index (χ0n) is 11.2. The quantitative estimate of drug-likeness (QED) is 0.855. The molecule has 1 aromatic carbocycles. The summed E-state index contributed by atoms with van der Waals surface area (Å²) in [5.41, 5.74) is 7.81. The van der Waals surface area contributed by atoms with Crippen molar-refractivity contribution in [2.24, 2.45) is 0 Å². The van der Waals surface area contributed by atoms with E-state index in [2.05, 4.69) is 23.8 Å². The van der Waals surface area contributed by atoms with Crippen molar-refractivity contribution in [3.05, 3.63) is 23.2 Å². The normalized spacial score (nSPS) is 17.9. The van der Waals surface area contributed by atoms with Crippen LogP contribution in [0.5, 0.6) is 0 Å². The van der Waals surface area contributed by atoms with Crippen LogP contribution in [-0.2, 0) is 0 Å². The molecule has 1 heterocycles. The Balaban J connectivity index is 2.08. The third-order valence-corrected chi connectivity index (χ3v) is 4.29. The maximum atomic E-state index is 6.08. The summed E-state index contributed by atoms with van der Waals surface area (Å²) < 4.78 is 0. The van der Waals surface area contributed by atoms with Gasteiger partial charge >= 0.3 is 0 Å². The first-order chi connectivity index (χ1) is 8.63. The smallest absolute Gasteiger partial charge is 0.0741 e. The Hall–Kier alpha value is -0.930. The Kier molecular flexibility index (Phi) is 4.36. The highest BCUT2D eigenvalue weighted by atomic mass is 35.5. The number of nitrogens with zero attached hydrogens (tertiary/aromatic N) is 2. The number of halogens is 1. The van der Waals surface area contributed by atoms with Gasteiger partial charge in [0.2, 0.25) is 0 Å². The summed E-state index contributed by atoms with van der Waals surface area (Å²) in [7, 11) is 2.12. The summed E-state index contributed by atoms with van der Waals surface area (Å²) in [5, 5.41) is 0.644. The number of rotatable bonds is 3. The van der Waals surface area contributed by atoms with Gasteiger partial charge in [-0.1, -0.05) is 24.6 Å². The van der Waals surface area contributed by atoms with E-state index in [9.17, 15) is 0 Å². The lowest BCUT2D eigenvalue weighted by Crippen LogP contribution is -2.43. The molecular weight excluding hydrogens is 246 g/mol. The van der Waals surface area contributed by atoms with Gasteiger partial charge in [-0.25, -0.2) is 0 Å². The Bertz CT molecular complexity index is 400. The molecule has 2 rings (SSSR count). The second kappa shape index (κ2) is 5.81. The molecule has 3 nitrogen and oxygen atoms in total. The Morgan fingerprint density at radius 3 is 2.67 bits per heavy atom. The number of likely N-dealkylation sites (tertiary alicyclic amines) is 1. The van der Waals surface area contributed by atoms with E-state index in [4.69, 9.17) is 17.3 Å². The number of hydrogen-bond donors (Lipinski definition) is 1. The zero-order chi connectivity index (χ0) is 13.1. The van der Waals surface area contributed by atoms with Crippen LogP contribution >= 0.6 is 11.6 Å². The second-order valence-electron chi connectivity index (χ2n) is 4.95. The predicted molar refractivity (Wildman–Crippen MR) is 79.4 cm³/mol. The predicted octanol–water partition coefficient (Wildman–Crippen LogP) is 2.84. The first-order valence-corrected chi connectivity index (χ1v) is 7.00. The molecule has 0 unspecified atom stereocenters. The third-order valence-electron chi connectivity index (χ3n) is 3.96. The topological polar surface area (TPSA) is 32.5 Å². The molecule has 0 saturated carbocycles. The molecule has 0 spiro atoms. The first-order valence-electron chi connectivity index (χ1n) is 6.62. The summed E-state index contributed by atoms with van der Waals surface area (Å²) in [5.74, 6) is 0. The van der Waals surface area contributed by atoms with Crippen molar-refractivity contribution in [3.63, 3.8) is 0 Å². The van der Waals surface area contributed by atoms with Gasteiger partial charge in [0.25, 0.3) is 0 Å². The van der Waals surface area contributed by atoms with E-state index in [1.807, 2.05) is 18.2 Å². The molecule has 1 fully saturated rings. The highest BCUT2D eigenvalue weighted by Crippen LogP contribution is 2.32. The van der Waals surface area contributed by atoms with Crippen LogP contribution in [0.25, 0.3) is 0 Å². The number of benzene rings is 1. The molecule has 0 aliphatic carbocycles. The van der Waals surface area contributed by atoms with E-state index in [0.717, 1.165) is 12.2 Å². The second-order valence-corrected chi connectivity index (χ2v) is 5.36. The minimum atomic E-state index is 0.563. The maximum absolute atomic E-state index is 6.08. The lowest BCUT2D eigenvalue weighted by molar-refractivity contribution is 0.221. The first kappa shape index (κ1) is 13.5. The van der Waals surface area contributed by atoms with Crippen molar-refractivity contribution in [2.75, 3.05) is 37.3 Å². The lowest BCUT2D eigenvalue weighted by Gasteiger charge is -2.37. The van der Waals surface area contributed by atoms with Gasteiger partial charge in [-0.2, -0.15) is 0 Å². The summed E-state index contributed by atoms with van der Waals surface area (Å²) in [6.45, 7) is 5.71. The molecule has 18 heavy (non-hydrogen) atoms. The number of para-hydroxylation sites is 1. The van der Waals surface area contributed by atoms with Crippen LogP contribution < -0.4 is 10.6 Å². The number of hydrogen-bond acceptors (Lipinski definition) is 3. The van der Waals surface area contributed by atoms with Gasteiger partial charge in [-0.15, -0.1) is 0 Å². The largest absolute Gasteiger partial charge is 0.396 e. The highest BCUT2D eigenvalue weighted by Gasteiger charge is 2.23. The van der Waals surface area contributed by atoms with E-state index < -0.39 is 0 Å². The van der Waals surface area contributed by atoms with Gasteiger partial charge in [-0.3, -0.25) is 0 Å². The number of piperidine rings is 1. The van der Waals surface area contributed by atoms with E-state index in [1.54, 1.807) is 0 Å². The summed E-state index contributed by atoms with van der Waals surface area (Å²) >= 11 is 6.08. The Morgan fingerprint density at radius 2 is 2.06 bits per heavy atom. The average Bonchev–Trinajstić information content (AvgIpc) is 2.41. The monoisotopic (exact) mass is 267 g/mol. The molecule has 0 atom stereocenters. The van der Waals surface area contributed by atoms with Crippen LogP contribution in [0.3, 0.4) is 0 Å². The fraction of sp³-hybridized carbons (Fsp3) is 0.571. The Morgan fingerprint density at radius 1 is 1.39 bits per heavy atom. The zero-order valence-corrected chi connectivity index (χ0v) is 12.0. The molecule has 0 bridgehead atoms. The van der Waals surface area contributed by atoms with Crippen LogP contribution in [0.4, 0.5) is 11.4 Å². The molecular formula is C14H22ClN3. The van der Waals surface area contributed by atoms with Gasteiger partial charge in [0.1, 0.15) is 0 Å². The van der Waals surface area contributed by atoms with Crippen LogP contribution in [0.15, 0.2) is 18.2 Å². The summed E-state index contributed by atoms with van der Waals surface area (Å²) in [4.78, 5) is 4.78. The number of nitrogen functional groups attached to an aromatic ring is 1. The van der Waals surface area contributed by atoms with Crippen molar-refractivity contribution < 1.29 is 0 Å². The molecule has 0 radical (unpaired) electrons. The standard InChI is InChI=1S/C14H22ClN3/c1-3-18-9-7-11(8-10-18)17(2)13-6-4-5-12(15)14(13)16/h4-6,11H,3,7-10,16H2,1-2H3. The van der Waals surface area contributed by atoms with E-state index >= 15 is 0 Å². The molecule has 0 aromatic heterocycles. The number of anilines is 2. The van der Waals surface area contributed by atoms with Crippen LogP contribution in [0, 0.1) is 0 Å². The molecule has 100 valence electrons. The van der Waals surface area contributed by atoms with E-state index in [1.165, 1.54) is 25.9 Å². The maximum Gasteiger partial charge on any atom is 0.0741 e. The molecule has 1 aromatic rings. The van der Waals surface area contributed by atoms with Crippen LogP contribution in [-0.4, -0.2) is 37.6 Å². The van der Waals surface area contributed by atoms with Crippen LogP contribution in [0.1, 0.15) is 19.8 Å². The van der Waals surface area contributed by atoms with Crippen molar-refractivity contribution in [1.82, 2.24) is 4.90 Å². The third kappa shape index (κ3) is 2.73. The van der Waals surface area contributed by atoms with Gasteiger partial charge in [-0.05, 0) is 31.5 Å². The minimum absolute atomic E-state index is 0.563.